The monoisotopic (exact) mass is 415 g/mol. The Hall–Kier alpha value is -2.59. The molecule has 0 N–H and O–H groups in total. The zero-order chi connectivity index (χ0) is 19.8. The van der Waals surface area contributed by atoms with Crippen LogP contribution in [0.3, 0.4) is 0 Å². The lowest BCUT2D eigenvalue weighted by Crippen LogP contribution is -2.23. The van der Waals surface area contributed by atoms with Crippen molar-refractivity contribution in [2.75, 3.05) is 0 Å². The van der Waals surface area contributed by atoms with Crippen LogP contribution in [0.15, 0.2) is 40.2 Å². The third-order valence-corrected chi connectivity index (χ3v) is 6.74. The molecular weight excluding hydrogens is 398 g/mol. The van der Waals surface area contributed by atoms with E-state index >= 15 is 0 Å². The molecule has 4 rings (SSSR count). The number of allylic oxidation sites excluding steroid dienone is 1. The molecular formula is C18H17N5O3S2. The number of fused-ring (bicyclic) bond motifs is 3. The smallest absolute Gasteiger partial charge is 0.283 e. The van der Waals surface area contributed by atoms with Gasteiger partial charge in [0.25, 0.3) is 5.56 Å². The zero-order valence-corrected chi connectivity index (χ0v) is 16.8. The molecule has 0 saturated heterocycles. The van der Waals surface area contributed by atoms with Crippen molar-refractivity contribution < 1.29 is 4.92 Å². The van der Waals surface area contributed by atoms with Crippen LogP contribution in [0.1, 0.15) is 23.8 Å². The number of thiophene rings is 1. The van der Waals surface area contributed by atoms with Gasteiger partial charge in [-0.15, -0.1) is 17.9 Å². The quantitative estimate of drug-likeness (QED) is 0.271. The van der Waals surface area contributed by atoms with Crippen molar-refractivity contribution in [3.63, 3.8) is 0 Å². The normalized spacial score (nSPS) is 16.1. The number of rotatable bonds is 5. The largest absolute Gasteiger partial charge is 0.305 e. The highest BCUT2D eigenvalue weighted by atomic mass is 32.2. The average molecular weight is 416 g/mol. The van der Waals surface area contributed by atoms with E-state index in [9.17, 15) is 14.9 Å². The van der Waals surface area contributed by atoms with Crippen molar-refractivity contribution >= 4 is 39.0 Å². The number of aryl methyl sites for hydroxylation is 1. The summed E-state index contributed by atoms with van der Waals surface area (Å²) < 4.78 is 1.57. The Morgan fingerprint density at radius 3 is 2.89 bits per heavy atom. The summed E-state index contributed by atoms with van der Waals surface area (Å²) in [6.45, 7) is 6.28. The Labute approximate surface area is 168 Å². The van der Waals surface area contributed by atoms with Crippen LogP contribution in [0.5, 0.6) is 0 Å². The Morgan fingerprint density at radius 2 is 2.21 bits per heavy atom. The molecule has 144 valence electrons. The number of nitrogens with zero attached hydrogens (tertiary/aromatic N) is 5. The Morgan fingerprint density at radius 1 is 1.46 bits per heavy atom. The first-order valence-corrected chi connectivity index (χ1v) is 10.4. The highest BCUT2D eigenvalue weighted by Gasteiger charge is 2.25. The molecule has 0 aromatic carbocycles. The maximum Gasteiger partial charge on any atom is 0.305 e. The second kappa shape index (κ2) is 7.44. The average Bonchev–Trinajstić information content (AvgIpc) is 3.02. The van der Waals surface area contributed by atoms with Crippen molar-refractivity contribution in [3.05, 3.63) is 56.0 Å². The van der Waals surface area contributed by atoms with Gasteiger partial charge in [-0.1, -0.05) is 13.0 Å². The zero-order valence-electron chi connectivity index (χ0n) is 15.1. The van der Waals surface area contributed by atoms with Gasteiger partial charge < -0.3 is 0 Å². The maximum atomic E-state index is 13.2. The first kappa shape index (κ1) is 18.8. The molecule has 8 nitrogen and oxygen atoms in total. The molecule has 1 unspecified atom stereocenters. The summed E-state index contributed by atoms with van der Waals surface area (Å²) in [6, 6.07) is 0. The van der Waals surface area contributed by atoms with Crippen molar-refractivity contribution in [2.45, 2.75) is 43.0 Å². The molecule has 1 aliphatic carbocycles. The highest BCUT2D eigenvalue weighted by molar-refractivity contribution is 7.99. The topological polar surface area (TPSA) is 104 Å². The van der Waals surface area contributed by atoms with Gasteiger partial charge in [-0.3, -0.25) is 19.5 Å². The second-order valence-corrected chi connectivity index (χ2v) is 8.73. The third kappa shape index (κ3) is 3.33. The molecule has 3 heterocycles. The molecule has 28 heavy (non-hydrogen) atoms. The molecule has 0 bridgehead atoms. The molecule has 1 atom stereocenters. The highest BCUT2D eigenvalue weighted by Crippen LogP contribution is 2.37. The van der Waals surface area contributed by atoms with Gasteiger partial charge >= 0.3 is 5.69 Å². The van der Waals surface area contributed by atoms with Crippen molar-refractivity contribution in [3.8, 4) is 0 Å². The van der Waals surface area contributed by atoms with Gasteiger partial charge in [0.1, 0.15) is 17.2 Å². The summed E-state index contributed by atoms with van der Waals surface area (Å²) in [7, 11) is 0. The summed E-state index contributed by atoms with van der Waals surface area (Å²) in [5.41, 5.74) is 0.870. The van der Waals surface area contributed by atoms with Crippen LogP contribution in [0.25, 0.3) is 10.2 Å². The van der Waals surface area contributed by atoms with Crippen LogP contribution < -0.4 is 5.56 Å². The van der Waals surface area contributed by atoms with Gasteiger partial charge in [-0.05, 0) is 42.5 Å². The molecule has 0 radical (unpaired) electrons. The number of aromatic nitrogens is 4. The molecule has 10 heteroatoms. The van der Waals surface area contributed by atoms with Crippen LogP contribution in [0.4, 0.5) is 5.69 Å². The molecule has 0 fully saturated rings. The molecule has 3 aromatic rings. The Kier molecular flexibility index (Phi) is 4.98. The van der Waals surface area contributed by atoms with Gasteiger partial charge in [0.2, 0.25) is 0 Å². The van der Waals surface area contributed by atoms with E-state index in [1.165, 1.54) is 4.88 Å². The van der Waals surface area contributed by atoms with Gasteiger partial charge in [0.15, 0.2) is 10.3 Å². The lowest BCUT2D eigenvalue weighted by Gasteiger charge is -2.17. The van der Waals surface area contributed by atoms with Crippen molar-refractivity contribution in [1.82, 2.24) is 19.5 Å². The van der Waals surface area contributed by atoms with E-state index in [1.807, 2.05) is 0 Å². The first-order valence-electron chi connectivity index (χ1n) is 8.78. The van der Waals surface area contributed by atoms with Gasteiger partial charge in [0.05, 0.1) is 10.3 Å². The van der Waals surface area contributed by atoms with Gasteiger partial charge in [0, 0.05) is 11.4 Å². The number of hydrogen-bond acceptors (Lipinski definition) is 8. The van der Waals surface area contributed by atoms with Crippen molar-refractivity contribution in [2.24, 2.45) is 5.92 Å². The fraction of sp³-hybridized carbons (Fsp3) is 0.333. The summed E-state index contributed by atoms with van der Waals surface area (Å²) in [5, 5.41) is 12.2. The minimum Gasteiger partial charge on any atom is -0.283 e. The summed E-state index contributed by atoms with van der Waals surface area (Å²) >= 11 is 2.70. The SMILES string of the molecule is C=CCn1c(Sc2ncc([N+](=O)[O-])cn2)nc2sc3c(c2c1=O)CCC(C)C3. The molecule has 0 amide bonds. The summed E-state index contributed by atoms with van der Waals surface area (Å²) in [4.78, 5) is 38.2. The minimum atomic E-state index is -0.552. The van der Waals surface area contributed by atoms with Crippen LogP contribution in [0.2, 0.25) is 0 Å². The fourth-order valence-corrected chi connectivity index (χ4v) is 5.52. The molecule has 3 aromatic heterocycles. The molecule has 1 aliphatic rings. The van der Waals surface area contributed by atoms with Gasteiger partial charge in [-0.25, -0.2) is 15.0 Å². The van der Waals surface area contributed by atoms with Crippen molar-refractivity contribution in [1.29, 1.82) is 0 Å². The maximum absolute atomic E-state index is 13.2. The Balaban J connectivity index is 1.81. The van der Waals surface area contributed by atoms with E-state index in [-0.39, 0.29) is 11.2 Å². The van der Waals surface area contributed by atoms with Crippen LogP contribution >= 0.6 is 23.1 Å². The van der Waals surface area contributed by atoms with E-state index in [1.54, 1.807) is 22.0 Å². The van der Waals surface area contributed by atoms with E-state index < -0.39 is 4.92 Å². The molecule has 0 saturated carbocycles. The van der Waals surface area contributed by atoms with Gasteiger partial charge in [-0.2, -0.15) is 0 Å². The predicted molar refractivity (Wildman–Crippen MR) is 108 cm³/mol. The second-order valence-electron chi connectivity index (χ2n) is 6.71. The van der Waals surface area contributed by atoms with E-state index in [0.29, 0.717) is 28.2 Å². The van der Waals surface area contributed by atoms with Crippen LogP contribution in [-0.2, 0) is 19.4 Å². The lowest BCUT2D eigenvalue weighted by molar-refractivity contribution is -0.385. The molecule has 0 spiro atoms. The van der Waals surface area contributed by atoms with Crippen LogP contribution in [-0.4, -0.2) is 24.4 Å². The lowest BCUT2D eigenvalue weighted by atomic mass is 9.89. The fourth-order valence-electron chi connectivity index (χ4n) is 3.31. The van der Waals surface area contributed by atoms with E-state index in [0.717, 1.165) is 53.8 Å². The summed E-state index contributed by atoms with van der Waals surface area (Å²) in [6.07, 6.45) is 6.90. The van der Waals surface area contributed by atoms with Crippen LogP contribution in [0, 0.1) is 16.0 Å². The first-order chi connectivity index (χ1) is 13.5. The minimum absolute atomic E-state index is 0.0821. The Bertz CT molecular complexity index is 1140. The number of nitro groups is 1. The standard InChI is InChI=1S/C18H17N5O3S2/c1-3-6-22-16(24)14-12-5-4-10(2)7-13(12)27-15(14)21-18(22)28-17-19-8-11(9-20-17)23(25)26/h3,8-10H,1,4-7H2,2H3. The molecule has 0 aliphatic heterocycles. The number of hydrogen-bond donors (Lipinski definition) is 0. The third-order valence-electron chi connectivity index (χ3n) is 4.70. The predicted octanol–water partition coefficient (Wildman–Crippen LogP) is 3.62. The van der Waals surface area contributed by atoms with E-state index in [4.69, 9.17) is 4.98 Å². The summed E-state index contributed by atoms with van der Waals surface area (Å²) in [5.74, 6) is 0.610. The van der Waals surface area contributed by atoms with E-state index in [2.05, 4.69) is 23.5 Å².